The van der Waals surface area contributed by atoms with Gasteiger partial charge in [-0.05, 0) is 37.9 Å². The van der Waals surface area contributed by atoms with E-state index in [1.54, 1.807) is 4.90 Å². The van der Waals surface area contributed by atoms with Gasteiger partial charge in [-0.15, -0.1) is 0 Å². The first kappa shape index (κ1) is 17.2. The van der Waals surface area contributed by atoms with E-state index in [4.69, 9.17) is 16.7 Å². The van der Waals surface area contributed by atoms with E-state index in [1.165, 1.54) is 18.2 Å². The van der Waals surface area contributed by atoms with Crippen LogP contribution in [0.15, 0.2) is 18.2 Å². The van der Waals surface area contributed by atoms with Crippen molar-refractivity contribution in [2.75, 3.05) is 39.3 Å². The minimum Gasteiger partial charge on any atom is -0.396 e. The van der Waals surface area contributed by atoms with Crippen LogP contribution in [0.1, 0.15) is 29.6 Å². The van der Waals surface area contributed by atoms with Crippen molar-refractivity contribution in [3.63, 3.8) is 0 Å². The number of carbonyl (C=O) groups is 1. The van der Waals surface area contributed by atoms with Gasteiger partial charge in [0.25, 0.3) is 5.91 Å². The molecule has 0 bridgehead atoms. The SMILES string of the molecule is O=C(c1c(F)cccc1Cl)N1CCN(CCCCCO)CC1. The molecule has 122 valence electrons. The van der Waals surface area contributed by atoms with Gasteiger partial charge in [-0.2, -0.15) is 0 Å². The molecule has 0 saturated carbocycles. The molecule has 1 aromatic carbocycles. The lowest BCUT2D eigenvalue weighted by molar-refractivity contribution is 0.0630. The van der Waals surface area contributed by atoms with Crippen molar-refractivity contribution in [3.05, 3.63) is 34.6 Å². The van der Waals surface area contributed by atoms with Crippen molar-refractivity contribution >= 4 is 17.5 Å². The number of rotatable bonds is 6. The lowest BCUT2D eigenvalue weighted by Crippen LogP contribution is -2.49. The molecule has 1 saturated heterocycles. The Bertz CT molecular complexity index is 485. The van der Waals surface area contributed by atoms with E-state index < -0.39 is 5.82 Å². The number of carbonyl (C=O) groups excluding carboxylic acids is 1. The zero-order valence-corrected chi connectivity index (χ0v) is 13.4. The molecule has 0 atom stereocenters. The number of aliphatic hydroxyl groups is 1. The van der Waals surface area contributed by atoms with Gasteiger partial charge in [-0.3, -0.25) is 9.69 Å². The second kappa shape index (κ2) is 8.46. The van der Waals surface area contributed by atoms with E-state index in [1.807, 2.05) is 0 Å². The average Bonchev–Trinajstić information content (AvgIpc) is 2.52. The molecule has 2 rings (SSSR count). The molecule has 1 aliphatic heterocycles. The fourth-order valence-corrected chi connectivity index (χ4v) is 2.90. The highest BCUT2D eigenvalue weighted by Crippen LogP contribution is 2.21. The second-order valence-corrected chi connectivity index (χ2v) is 5.92. The number of hydrogen-bond donors (Lipinski definition) is 1. The summed E-state index contributed by atoms with van der Waals surface area (Å²) in [6.07, 6.45) is 2.90. The third-order valence-electron chi connectivity index (χ3n) is 3.97. The minimum absolute atomic E-state index is 0.0273. The molecule has 0 spiro atoms. The van der Waals surface area contributed by atoms with Crippen molar-refractivity contribution in [1.82, 2.24) is 9.80 Å². The maximum atomic E-state index is 13.8. The number of amides is 1. The topological polar surface area (TPSA) is 43.8 Å². The van der Waals surface area contributed by atoms with Crippen LogP contribution in [0.25, 0.3) is 0 Å². The first-order chi connectivity index (χ1) is 10.6. The molecular formula is C16H22ClFN2O2. The van der Waals surface area contributed by atoms with Crippen molar-refractivity contribution in [2.45, 2.75) is 19.3 Å². The maximum absolute atomic E-state index is 13.8. The predicted molar refractivity (Wildman–Crippen MR) is 84.7 cm³/mol. The highest BCUT2D eigenvalue weighted by molar-refractivity contribution is 6.33. The van der Waals surface area contributed by atoms with Crippen LogP contribution in [-0.4, -0.2) is 60.1 Å². The van der Waals surface area contributed by atoms with Crippen LogP contribution in [-0.2, 0) is 0 Å². The summed E-state index contributed by atoms with van der Waals surface area (Å²) in [5, 5.41) is 8.92. The molecule has 0 aromatic heterocycles. The minimum atomic E-state index is -0.566. The van der Waals surface area contributed by atoms with Crippen LogP contribution in [0.3, 0.4) is 0 Å². The smallest absolute Gasteiger partial charge is 0.258 e. The summed E-state index contributed by atoms with van der Waals surface area (Å²) >= 11 is 5.95. The van der Waals surface area contributed by atoms with Gasteiger partial charge in [-0.1, -0.05) is 17.7 Å². The van der Waals surface area contributed by atoms with Crippen molar-refractivity contribution < 1.29 is 14.3 Å². The van der Waals surface area contributed by atoms with Gasteiger partial charge < -0.3 is 10.0 Å². The van der Waals surface area contributed by atoms with Gasteiger partial charge >= 0.3 is 0 Å². The molecule has 0 aliphatic carbocycles. The largest absolute Gasteiger partial charge is 0.396 e. The fraction of sp³-hybridized carbons (Fsp3) is 0.562. The Morgan fingerprint density at radius 3 is 2.55 bits per heavy atom. The quantitative estimate of drug-likeness (QED) is 0.816. The molecule has 4 nitrogen and oxygen atoms in total. The average molecular weight is 329 g/mol. The third kappa shape index (κ3) is 4.41. The number of unbranched alkanes of at least 4 members (excludes halogenated alkanes) is 2. The van der Waals surface area contributed by atoms with E-state index in [-0.39, 0.29) is 23.1 Å². The van der Waals surface area contributed by atoms with Crippen molar-refractivity contribution in [3.8, 4) is 0 Å². The van der Waals surface area contributed by atoms with Crippen molar-refractivity contribution in [1.29, 1.82) is 0 Å². The molecule has 1 aliphatic rings. The summed E-state index contributed by atoms with van der Waals surface area (Å²) in [4.78, 5) is 16.4. The maximum Gasteiger partial charge on any atom is 0.258 e. The highest BCUT2D eigenvalue weighted by Gasteiger charge is 2.25. The Morgan fingerprint density at radius 1 is 1.18 bits per heavy atom. The van der Waals surface area contributed by atoms with Gasteiger partial charge in [0.05, 0.1) is 10.6 Å². The van der Waals surface area contributed by atoms with Gasteiger partial charge in [0.2, 0.25) is 0 Å². The lowest BCUT2D eigenvalue weighted by Gasteiger charge is -2.35. The van der Waals surface area contributed by atoms with Crippen LogP contribution < -0.4 is 0 Å². The molecule has 0 radical (unpaired) electrons. The summed E-state index contributed by atoms with van der Waals surface area (Å²) in [6, 6.07) is 4.30. The zero-order chi connectivity index (χ0) is 15.9. The molecule has 1 fully saturated rings. The van der Waals surface area contributed by atoms with Gasteiger partial charge in [0.1, 0.15) is 5.82 Å². The normalized spacial score (nSPS) is 16.0. The highest BCUT2D eigenvalue weighted by atomic mass is 35.5. The fourth-order valence-electron chi connectivity index (χ4n) is 2.66. The van der Waals surface area contributed by atoms with Crippen LogP contribution in [0, 0.1) is 5.82 Å². The Morgan fingerprint density at radius 2 is 1.91 bits per heavy atom. The zero-order valence-electron chi connectivity index (χ0n) is 12.6. The Kier molecular flexibility index (Phi) is 6.61. The molecule has 0 unspecified atom stereocenters. The van der Waals surface area contributed by atoms with Crippen LogP contribution in [0.5, 0.6) is 0 Å². The number of nitrogens with zero attached hydrogens (tertiary/aromatic N) is 2. The van der Waals surface area contributed by atoms with E-state index in [9.17, 15) is 9.18 Å². The molecule has 6 heteroatoms. The lowest BCUT2D eigenvalue weighted by atomic mass is 10.1. The van der Waals surface area contributed by atoms with E-state index in [0.29, 0.717) is 13.1 Å². The second-order valence-electron chi connectivity index (χ2n) is 5.51. The summed E-state index contributed by atoms with van der Waals surface area (Å²) < 4.78 is 13.8. The van der Waals surface area contributed by atoms with Crippen molar-refractivity contribution in [2.24, 2.45) is 0 Å². The number of benzene rings is 1. The van der Waals surface area contributed by atoms with Crippen LogP contribution in [0.4, 0.5) is 4.39 Å². The van der Waals surface area contributed by atoms with E-state index in [0.717, 1.165) is 38.9 Å². The molecular weight excluding hydrogens is 307 g/mol. The van der Waals surface area contributed by atoms with Crippen LogP contribution >= 0.6 is 11.6 Å². The monoisotopic (exact) mass is 328 g/mol. The van der Waals surface area contributed by atoms with Gasteiger partial charge in [0.15, 0.2) is 0 Å². The standard InChI is InChI=1S/C16H22ClFN2O2/c17-13-5-4-6-14(18)15(13)16(22)20-10-8-19(9-11-20)7-2-1-3-12-21/h4-6,21H,1-3,7-12H2. The van der Waals surface area contributed by atoms with Gasteiger partial charge in [-0.25, -0.2) is 4.39 Å². The molecule has 1 aromatic rings. The summed E-state index contributed by atoms with van der Waals surface area (Å²) in [7, 11) is 0. The number of halogens is 2. The molecule has 1 amide bonds. The summed E-state index contributed by atoms with van der Waals surface area (Å²) in [6.45, 7) is 3.97. The molecule has 1 N–H and O–H groups in total. The Balaban J connectivity index is 1.85. The summed E-state index contributed by atoms with van der Waals surface area (Å²) in [5.41, 5.74) is -0.0273. The number of aliphatic hydroxyl groups excluding tert-OH is 1. The van der Waals surface area contributed by atoms with E-state index in [2.05, 4.69) is 4.90 Å². The first-order valence-electron chi connectivity index (χ1n) is 7.70. The van der Waals surface area contributed by atoms with E-state index >= 15 is 0 Å². The summed E-state index contributed by atoms with van der Waals surface area (Å²) in [5.74, 6) is -0.896. The Hall–Kier alpha value is -1.17. The molecule has 22 heavy (non-hydrogen) atoms. The first-order valence-corrected chi connectivity index (χ1v) is 8.08. The number of hydrogen-bond acceptors (Lipinski definition) is 3. The van der Waals surface area contributed by atoms with Gasteiger partial charge in [0, 0.05) is 32.8 Å². The predicted octanol–water partition coefficient (Wildman–Crippen LogP) is 2.40. The van der Waals surface area contributed by atoms with Crippen LogP contribution in [0.2, 0.25) is 5.02 Å². The third-order valence-corrected chi connectivity index (χ3v) is 4.28. The molecule has 1 heterocycles. The Labute approximate surface area is 135 Å². The number of piperazine rings is 1.